The van der Waals surface area contributed by atoms with Crippen molar-refractivity contribution < 1.29 is 13.6 Å². The fraction of sp³-hybridized carbons (Fsp3) is 0.462. The number of furan rings is 1. The van der Waals surface area contributed by atoms with Gasteiger partial charge in [-0.1, -0.05) is 0 Å². The predicted octanol–water partition coefficient (Wildman–Crippen LogP) is 0.929. The van der Waals surface area contributed by atoms with Crippen LogP contribution in [0.25, 0.3) is 0 Å². The van der Waals surface area contributed by atoms with Crippen LogP contribution in [0.4, 0.5) is 0 Å². The van der Waals surface area contributed by atoms with Crippen LogP contribution in [-0.2, 0) is 6.54 Å². The molecular formula is C13H16N4O3. The van der Waals surface area contributed by atoms with Crippen LogP contribution >= 0.6 is 0 Å². The Morgan fingerprint density at radius 3 is 2.70 bits per heavy atom. The van der Waals surface area contributed by atoms with Gasteiger partial charge in [-0.25, -0.2) is 0 Å². The fourth-order valence-electron chi connectivity index (χ4n) is 2.26. The van der Waals surface area contributed by atoms with Gasteiger partial charge in [-0.15, -0.1) is 10.2 Å². The topological polar surface area (TPSA) is 75.6 Å². The van der Waals surface area contributed by atoms with Crippen LogP contribution in [0.1, 0.15) is 22.3 Å². The Balaban J connectivity index is 1.53. The van der Waals surface area contributed by atoms with E-state index >= 15 is 0 Å². The molecule has 0 aliphatic carbocycles. The number of rotatable bonds is 3. The van der Waals surface area contributed by atoms with Gasteiger partial charge in [-0.05, 0) is 12.1 Å². The minimum atomic E-state index is -0.0525. The summed E-state index contributed by atoms with van der Waals surface area (Å²) < 4.78 is 10.5. The van der Waals surface area contributed by atoms with E-state index in [4.69, 9.17) is 8.83 Å². The molecule has 0 saturated carbocycles. The molecule has 20 heavy (non-hydrogen) atoms. The summed E-state index contributed by atoms with van der Waals surface area (Å²) in [5.74, 6) is 1.54. The number of aromatic nitrogens is 2. The summed E-state index contributed by atoms with van der Waals surface area (Å²) in [5.41, 5.74) is 0. The molecule has 7 nitrogen and oxygen atoms in total. The van der Waals surface area contributed by atoms with Crippen LogP contribution in [0.15, 0.2) is 27.2 Å². The maximum Gasteiger partial charge on any atom is 0.289 e. The Morgan fingerprint density at radius 1 is 1.30 bits per heavy atom. The first-order chi connectivity index (χ1) is 9.72. The summed E-state index contributed by atoms with van der Waals surface area (Å²) in [6, 6.07) is 3.41. The molecule has 0 bridgehead atoms. The molecule has 0 atom stereocenters. The highest BCUT2D eigenvalue weighted by Crippen LogP contribution is 2.11. The Bertz CT molecular complexity index is 570. The number of hydrogen-bond acceptors (Lipinski definition) is 6. The fourth-order valence-corrected chi connectivity index (χ4v) is 2.26. The summed E-state index contributed by atoms with van der Waals surface area (Å²) in [6.45, 7) is 5.32. The summed E-state index contributed by atoms with van der Waals surface area (Å²) in [6.07, 6.45) is 1.52. The first-order valence-corrected chi connectivity index (χ1v) is 6.56. The molecule has 1 fully saturated rings. The number of piperazine rings is 1. The third-order valence-corrected chi connectivity index (χ3v) is 3.32. The second kappa shape index (κ2) is 5.46. The van der Waals surface area contributed by atoms with Crippen molar-refractivity contribution in [3.05, 3.63) is 35.9 Å². The minimum Gasteiger partial charge on any atom is -0.459 e. The van der Waals surface area contributed by atoms with Crippen molar-refractivity contribution in [3.8, 4) is 0 Å². The van der Waals surface area contributed by atoms with Crippen molar-refractivity contribution >= 4 is 5.91 Å². The molecule has 1 amide bonds. The lowest BCUT2D eigenvalue weighted by Gasteiger charge is -2.33. The third-order valence-electron chi connectivity index (χ3n) is 3.32. The maximum absolute atomic E-state index is 12.1. The van der Waals surface area contributed by atoms with Gasteiger partial charge < -0.3 is 13.7 Å². The number of aryl methyl sites for hydroxylation is 1. The van der Waals surface area contributed by atoms with Gasteiger partial charge in [0.05, 0.1) is 12.8 Å². The van der Waals surface area contributed by atoms with E-state index < -0.39 is 0 Å². The highest BCUT2D eigenvalue weighted by molar-refractivity contribution is 5.91. The molecule has 2 aromatic rings. The highest BCUT2D eigenvalue weighted by Gasteiger charge is 2.24. The molecule has 3 rings (SSSR count). The zero-order valence-electron chi connectivity index (χ0n) is 11.3. The number of carbonyl (C=O) groups excluding carboxylic acids is 1. The standard InChI is InChI=1S/C13H16N4O3/c1-10-14-15-12(20-10)9-16-4-6-17(7-5-16)13(18)11-3-2-8-19-11/h2-3,8H,4-7,9H2,1H3. The van der Waals surface area contributed by atoms with Crippen molar-refractivity contribution in [1.29, 1.82) is 0 Å². The predicted molar refractivity (Wildman–Crippen MR) is 68.9 cm³/mol. The number of carbonyl (C=O) groups is 1. The molecule has 1 saturated heterocycles. The lowest BCUT2D eigenvalue weighted by molar-refractivity contribution is 0.0587. The molecule has 106 valence electrons. The van der Waals surface area contributed by atoms with Crippen LogP contribution in [0.3, 0.4) is 0 Å². The van der Waals surface area contributed by atoms with Gasteiger partial charge in [-0.3, -0.25) is 9.69 Å². The largest absolute Gasteiger partial charge is 0.459 e. The Kier molecular flexibility index (Phi) is 3.51. The molecule has 0 spiro atoms. The molecule has 0 aromatic carbocycles. The van der Waals surface area contributed by atoms with E-state index in [1.165, 1.54) is 6.26 Å². The summed E-state index contributed by atoms with van der Waals surface area (Å²) >= 11 is 0. The van der Waals surface area contributed by atoms with E-state index in [1.54, 1.807) is 24.0 Å². The average Bonchev–Trinajstić information content (AvgIpc) is 3.11. The second-order valence-corrected chi connectivity index (χ2v) is 4.76. The quantitative estimate of drug-likeness (QED) is 0.830. The molecule has 3 heterocycles. The van der Waals surface area contributed by atoms with E-state index in [2.05, 4.69) is 15.1 Å². The summed E-state index contributed by atoms with van der Waals surface area (Å²) in [7, 11) is 0. The summed E-state index contributed by atoms with van der Waals surface area (Å²) in [5, 5.41) is 7.79. The minimum absolute atomic E-state index is 0.0525. The van der Waals surface area contributed by atoms with Crippen LogP contribution in [-0.4, -0.2) is 52.1 Å². The third kappa shape index (κ3) is 2.72. The van der Waals surface area contributed by atoms with E-state index in [9.17, 15) is 4.79 Å². The first kappa shape index (κ1) is 12.9. The van der Waals surface area contributed by atoms with E-state index in [1.807, 2.05) is 0 Å². The zero-order valence-corrected chi connectivity index (χ0v) is 11.3. The van der Waals surface area contributed by atoms with Gasteiger partial charge in [-0.2, -0.15) is 0 Å². The van der Waals surface area contributed by atoms with Crippen molar-refractivity contribution in [3.63, 3.8) is 0 Å². The molecule has 1 aliphatic heterocycles. The van der Waals surface area contributed by atoms with Gasteiger partial charge in [0.2, 0.25) is 11.8 Å². The molecule has 2 aromatic heterocycles. The lowest BCUT2D eigenvalue weighted by Crippen LogP contribution is -2.48. The van der Waals surface area contributed by atoms with Crippen molar-refractivity contribution in [1.82, 2.24) is 20.0 Å². The molecular weight excluding hydrogens is 260 g/mol. The van der Waals surface area contributed by atoms with Crippen molar-refractivity contribution in [2.75, 3.05) is 26.2 Å². The van der Waals surface area contributed by atoms with Crippen molar-refractivity contribution in [2.45, 2.75) is 13.5 Å². The van der Waals surface area contributed by atoms with E-state index in [-0.39, 0.29) is 5.91 Å². The van der Waals surface area contributed by atoms with Crippen LogP contribution < -0.4 is 0 Å². The van der Waals surface area contributed by atoms with E-state index in [0.717, 1.165) is 13.1 Å². The smallest absolute Gasteiger partial charge is 0.289 e. The van der Waals surface area contributed by atoms with Gasteiger partial charge >= 0.3 is 0 Å². The number of hydrogen-bond donors (Lipinski definition) is 0. The monoisotopic (exact) mass is 276 g/mol. The van der Waals surface area contributed by atoms with Crippen LogP contribution in [0.5, 0.6) is 0 Å². The Labute approximate surface area is 116 Å². The molecule has 0 unspecified atom stereocenters. The van der Waals surface area contributed by atoms with Crippen molar-refractivity contribution in [2.24, 2.45) is 0 Å². The SMILES string of the molecule is Cc1nnc(CN2CCN(C(=O)c3ccco3)CC2)o1. The first-order valence-electron chi connectivity index (χ1n) is 6.56. The molecule has 1 aliphatic rings. The summed E-state index contributed by atoms with van der Waals surface area (Å²) in [4.78, 5) is 16.1. The maximum atomic E-state index is 12.1. The van der Waals surface area contributed by atoms with Crippen LogP contribution in [0.2, 0.25) is 0 Å². The van der Waals surface area contributed by atoms with Gasteiger partial charge in [0.1, 0.15) is 0 Å². The Morgan fingerprint density at radius 2 is 2.10 bits per heavy atom. The van der Waals surface area contributed by atoms with Gasteiger partial charge in [0.25, 0.3) is 5.91 Å². The van der Waals surface area contributed by atoms with Gasteiger partial charge in [0.15, 0.2) is 5.76 Å². The average molecular weight is 276 g/mol. The van der Waals surface area contributed by atoms with E-state index in [0.29, 0.717) is 37.2 Å². The highest BCUT2D eigenvalue weighted by atomic mass is 16.4. The Hall–Kier alpha value is -2.15. The number of amides is 1. The second-order valence-electron chi connectivity index (χ2n) is 4.76. The zero-order chi connectivity index (χ0) is 13.9. The molecule has 7 heteroatoms. The van der Waals surface area contributed by atoms with Crippen LogP contribution in [0, 0.1) is 6.92 Å². The lowest BCUT2D eigenvalue weighted by atomic mass is 10.3. The normalized spacial score (nSPS) is 16.6. The molecule has 0 radical (unpaired) electrons. The van der Waals surface area contributed by atoms with Gasteiger partial charge in [0, 0.05) is 33.1 Å². The molecule has 0 N–H and O–H groups in total. The number of nitrogens with zero attached hydrogens (tertiary/aromatic N) is 4.